The van der Waals surface area contributed by atoms with Crippen molar-refractivity contribution < 1.29 is 14.6 Å². The van der Waals surface area contributed by atoms with Crippen molar-refractivity contribution in [2.75, 3.05) is 7.05 Å². The third-order valence-corrected chi connectivity index (χ3v) is 4.53. The highest BCUT2D eigenvalue weighted by Gasteiger charge is 2.17. The summed E-state index contributed by atoms with van der Waals surface area (Å²) in [5.74, 6) is -0.322. The third kappa shape index (κ3) is 6.26. The van der Waals surface area contributed by atoms with Crippen LogP contribution in [0.25, 0.3) is 0 Å². The predicted octanol–water partition coefficient (Wildman–Crippen LogP) is 3.35. The molecule has 0 spiro atoms. The second-order valence-electron chi connectivity index (χ2n) is 6.21. The highest BCUT2D eigenvalue weighted by Crippen LogP contribution is 2.26. The van der Waals surface area contributed by atoms with Crippen LogP contribution in [-0.4, -0.2) is 31.0 Å². The van der Waals surface area contributed by atoms with E-state index in [-0.39, 0.29) is 12.0 Å². The van der Waals surface area contributed by atoms with Gasteiger partial charge in [-0.1, -0.05) is 45.7 Å². The number of amides is 1. The smallest absolute Gasteiger partial charge is 0.244 e. The van der Waals surface area contributed by atoms with Gasteiger partial charge in [0.1, 0.15) is 11.8 Å². The minimum atomic E-state index is -0.825. The van der Waals surface area contributed by atoms with Crippen LogP contribution in [0.15, 0.2) is 51.9 Å². The SMILES string of the molecule is CNC(=O)[C@H](Cc1ccc(Br)cc1)N=C([O-])c1ccc(OC(C)C)c(Cl)c1. The monoisotopic (exact) mass is 451 g/mol. The normalized spacial score (nSPS) is 12.7. The number of ether oxygens (including phenoxy) is 1. The number of halogens is 2. The van der Waals surface area contributed by atoms with Crippen LogP contribution < -0.4 is 15.2 Å². The largest absolute Gasteiger partial charge is 0.858 e. The first kappa shape index (κ1) is 21.3. The Bertz CT molecular complexity index is 822. The maximum Gasteiger partial charge on any atom is 0.244 e. The zero-order valence-electron chi connectivity index (χ0n) is 15.3. The van der Waals surface area contributed by atoms with E-state index in [2.05, 4.69) is 26.2 Å². The van der Waals surface area contributed by atoms with Crippen LogP contribution in [0.4, 0.5) is 0 Å². The van der Waals surface area contributed by atoms with Gasteiger partial charge in [-0.3, -0.25) is 9.79 Å². The number of carbonyl (C=O) groups is 1. The molecule has 0 heterocycles. The van der Waals surface area contributed by atoms with E-state index in [0.717, 1.165) is 10.0 Å². The molecular formula is C20H21BrClN2O3-. The van der Waals surface area contributed by atoms with E-state index in [1.54, 1.807) is 12.1 Å². The van der Waals surface area contributed by atoms with Crippen LogP contribution >= 0.6 is 27.5 Å². The Morgan fingerprint density at radius 2 is 1.93 bits per heavy atom. The molecule has 0 saturated heterocycles. The fourth-order valence-electron chi connectivity index (χ4n) is 2.41. The summed E-state index contributed by atoms with van der Waals surface area (Å²) in [5, 5.41) is 15.4. The number of hydrogen-bond donors (Lipinski definition) is 1. The van der Waals surface area contributed by atoms with E-state index in [1.165, 1.54) is 13.1 Å². The summed E-state index contributed by atoms with van der Waals surface area (Å²) in [6, 6.07) is 11.4. The van der Waals surface area contributed by atoms with Gasteiger partial charge >= 0.3 is 0 Å². The Hall–Kier alpha value is -2.05. The molecule has 1 atom stereocenters. The lowest BCUT2D eigenvalue weighted by atomic mass is 10.1. The Kier molecular flexibility index (Phi) is 7.68. The molecule has 1 N–H and O–H groups in total. The van der Waals surface area contributed by atoms with E-state index in [9.17, 15) is 9.90 Å². The van der Waals surface area contributed by atoms with Gasteiger partial charge in [0, 0.05) is 17.9 Å². The average Bonchev–Trinajstić information content (AvgIpc) is 2.63. The van der Waals surface area contributed by atoms with Crippen molar-refractivity contribution in [1.29, 1.82) is 0 Å². The van der Waals surface area contributed by atoms with Gasteiger partial charge in [0.2, 0.25) is 5.91 Å². The predicted molar refractivity (Wildman–Crippen MR) is 109 cm³/mol. The standard InChI is InChI=1S/C20H22BrClN2O3/c1-12(2)27-18-9-6-14(11-16(18)22)19(25)24-17(20(26)23-3)10-13-4-7-15(21)8-5-13/h4-9,11-12,17H,10H2,1-3H3,(H,23,26)(H,24,25)/p-1/t17-/m0/s1. The zero-order chi connectivity index (χ0) is 20.0. The first-order valence-corrected chi connectivity index (χ1v) is 9.64. The van der Waals surface area contributed by atoms with Gasteiger partial charge in [0.15, 0.2) is 0 Å². The van der Waals surface area contributed by atoms with Crippen molar-refractivity contribution in [2.45, 2.75) is 32.4 Å². The van der Waals surface area contributed by atoms with Gasteiger partial charge in [-0.25, -0.2) is 0 Å². The summed E-state index contributed by atoms with van der Waals surface area (Å²) in [4.78, 5) is 16.3. The number of benzene rings is 2. The molecule has 27 heavy (non-hydrogen) atoms. The van der Waals surface area contributed by atoms with Gasteiger partial charge in [-0.15, -0.1) is 0 Å². The summed E-state index contributed by atoms with van der Waals surface area (Å²) in [7, 11) is 1.52. The van der Waals surface area contributed by atoms with E-state index >= 15 is 0 Å². The molecular weight excluding hydrogens is 432 g/mol. The van der Waals surface area contributed by atoms with Crippen LogP contribution in [0.2, 0.25) is 5.02 Å². The van der Waals surface area contributed by atoms with Crippen molar-refractivity contribution in [3.05, 3.63) is 63.1 Å². The number of carbonyl (C=O) groups excluding carboxylic acids is 1. The fraction of sp³-hybridized carbons (Fsp3) is 0.300. The number of hydrogen-bond acceptors (Lipinski definition) is 4. The van der Waals surface area contributed by atoms with Gasteiger partial charge in [-0.2, -0.15) is 0 Å². The van der Waals surface area contributed by atoms with Gasteiger partial charge in [-0.05, 0) is 55.1 Å². The molecule has 1 amide bonds. The number of nitrogens with one attached hydrogen (secondary N) is 1. The minimum Gasteiger partial charge on any atom is -0.858 e. The second-order valence-corrected chi connectivity index (χ2v) is 7.53. The van der Waals surface area contributed by atoms with Crippen molar-refractivity contribution in [3.8, 4) is 5.75 Å². The zero-order valence-corrected chi connectivity index (χ0v) is 17.7. The van der Waals surface area contributed by atoms with Crippen LogP contribution in [0.5, 0.6) is 5.75 Å². The van der Waals surface area contributed by atoms with Gasteiger partial charge in [0.05, 0.1) is 11.1 Å². The summed E-state index contributed by atoms with van der Waals surface area (Å²) >= 11 is 9.56. The third-order valence-electron chi connectivity index (χ3n) is 3.71. The molecule has 0 saturated carbocycles. The van der Waals surface area contributed by atoms with Crippen molar-refractivity contribution in [3.63, 3.8) is 0 Å². The highest BCUT2D eigenvalue weighted by atomic mass is 79.9. The molecule has 7 heteroatoms. The quantitative estimate of drug-likeness (QED) is 0.517. The molecule has 0 radical (unpaired) electrons. The van der Waals surface area contributed by atoms with E-state index in [4.69, 9.17) is 16.3 Å². The number of nitrogens with zero attached hydrogens (tertiary/aromatic N) is 1. The molecule has 0 aliphatic rings. The van der Waals surface area contributed by atoms with E-state index in [0.29, 0.717) is 22.8 Å². The molecule has 0 unspecified atom stereocenters. The number of rotatable bonds is 7. The lowest BCUT2D eigenvalue weighted by Crippen LogP contribution is -2.35. The maximum atomic E-state index is 12.6. The number of likely N-dealkylation sites (N-methyl/N-ethyl adjacent to an activating group) is 1. The van der Waals surface area contributed by atoms with Crippen LogP contribution in [0, 0.1) is 0 Å². The highest BCUT2D eigenvalue weighted by molar-refractivity contribution is 9.10. The maximum absolute atomic E-state index is 12.6. The first-order valence-electron chi connectivity index (χ1n) is 8.47. The Balaban J connectivity index is 2.25. The molecule has 5 nitrogen and oxygen atoms in total. The summed E-state index contributed by atoms with van der Waals surface area (Å²) < 4.78 is 6.50. The Labute approximate surface area is 172 Å². The lowest BCUT2D eigenvalue weighted by Gasteiger charge is -2.18. The van der Waals surface area contributed by atoms with Crippen LogP contribution in [0.1, 0.15) is 25.0 Å². The average molecular weight is 453 g/mol. The van der Waals surface area contributed by atoms with Gasteiger partial charge < -0.3 is 15.2 Å². The summed E-state index contributed by atoms with van der Waals surface area (Å²) in [5.41, 5.74) is 1.21. The van der Waals surface area contributed by atoms with Crippen molar-refractivity contribution in [2.24, 2.45) is 4.99 Å². The molecule has 0 aliphatic heterocycles. The van der Waals surface area contributed by atoms with E-state index < -0.39 is 11.9 Å². The molecule has 0 aromatic heterocycles. The minimum absolute atomic E-state index is 0.0303. The molecule has 0 aliphatic carbocycles. The molecule has 144 valence electrons. The van der Waals surface area contributed by atoms with Crippen molar-refractivity contribution in [1.82, 2.24) is 5.32 Å². The van der Waals surface area contributed by atoms with Crippen molar-refractivity contribution >= 4 is 39.3 Å². The van der Waals surface area contributed by atoms with E-state index in [1.807, 2.05) is 38.1 Å². The molecule has 0 bridgehead atoms. The lowest BCUT2D eigenvalue weighted by molar-refractivity contribution is -0.213. The summed E-state index contributed by atoms with van der Waals surface area (Å²) in [6.45, 7) is 3.78. The molecule has 2 rings (SSSR count). The second kappa shape index (κ2) is 9.76. The Morgan fingerprint density at radius 3 is 2.48 bits per heavy atom. The van der Waals surface area contributed by atoms with Crippen LogP contribution in [-0.2, 0) is 11.2 Å². The summed E-state index contributed by atoms with van der Waals surface area (Å²) in [6.07, 6.45) is 0.290. The number of aliphatic imine (C=N–C) groups is 1. The Morgan fingerprint density at radius 1 is 1.26 bits per heavy atom. The fourth-order valence-corrected chi connectivity index (χ4v) is 2.90. The first-order chi connectivity index (χ1) is 12.8. The van der Waals surface area contributed by atoms with Crippen LogP contribution in [0.3, 0.4) is 0 Å². The topological polar surface area (TPSA) is 73.8 Å². The molecule has 0 fully saturated rings. The van der Waals surface area contributed by atoms with Gasteiger partial charge in [0.25, 0.3) is 0 Å². The molecule has 2 aromatic carbocycles. The molecule has 2 aromatic rings.